The van der Waals surface area contributed by atoms with Gasteiger partial charge in [-0.15, -0.1) is 0 Å². The molecule has 0 spiro atoms. The summed E-state index contributed by atoms with van der Waals surface area (Å²) in [6.45, 7) is 3.34. The van der Waals surface area contributed by atoms with Crippen LogP contribution in [0.15, 0.2) is 24.3 Å². The van der Waals surface area contributed by atoms with Gasteiger partial charge in [0.05, 0.1) is 6.61 Å². The van der Waals surface area contributed by atoms with E-state index in [1.54, 1.807) is 0 Å². The van der Waals surface area contributed by atoms with Crippen LogP contribution in [0.4, 0.5) is 5.69 Å². The highest BCUT2D eigenvalue weighted by Crippen LogP contribution is 2.18. The predicted octanol–water partition coefficient (Wildman–Crippen LogP) is 2.56. The number of anilines is 1. The van der Waals surface area contributed by atoms with Crippen molar-refractivity contribution >= 4 is 11.6 Å². The van der Waals surface area contributed by atoms with Crippen molar-refractivity contribution in [1.29, 1.82) is 0 Å². The first-order valence-electron chi connectivity index (χ1n) is 6.98. The lowest BCUT2D eigenvalue weighted by atomic mass is 10.0. The van der Waals surface area contributed by atoms with Crippen LogP contribution >= 0.6 is 0 Å². The van der Waals surface area contributed by atoms with Gasteiger partial charge in [-0.2, -0.15) is 0 Å². The minimum atomic E-state index is -0.0662. The van der Waals surface area contributed by atoms with Crippen molar-refractivity contribution in [2.24, 2.45) is 0 Å². The standard InChI is InChI=1S/C15H22N2O2/c1-12(18)17-14-6-4-7-15(11-14)19-10-8-13-5-2-3-9-16-13/h4,6-7,11,13,16H,2-3,5,8-10H2,1H3,(H,17,18). The lowest BCUT2D eigenvalue weighted by molar-refractivity contribution is -0.114. The lowest BCUT2D eigenvalue weighted by Gasteiger charge is -2.23. The molecule has 0 aliphatic carbocycles. The Morgan fingerprint density at radius 3 is 3.11 bits per heavy atom. The Bertz CT molecular complexity index is 414. The second-order valence-electron chi connectivity index (χ2n) is 4.99. The Morgan fingerprint density at radius 2 is 2.37 bits per heavy atom. The summed E-state index contributed by atoms with van der Waals surface area (Å²) < 4.78 is 5.74. The highest BCUT2D eigenvalue weighted by Gasteiger charge is 2.12. The quantitative estimate of drug-likeness (QED) is 0.857. The monoisotopic (exact) mass is 262 g/mol. The molecule has 1 amide bonds. The fraction of sp³-hybridized carbons (Fsp3) is 0.533. The summed E-state index contributed by atoms with van der Waals surface area (Å²) in [6, 6.07) is 8.11. The smallest absolute Gasteiger partial charge is 0.221 e. The summed E-state index contributed by atoms with van der Waals surface area (Å²) in [7, 11) is 0. The van der Waals surface area contributed by atoms with Gasteiger partial charge in [0.2, 0.25) is 5.91 Å². The van der Waals surface area contributed by atoms with Gasteiger partial charge in [0, 0.05) is 24.7 Å². The number of ether oxygens (including phenoxy) is 1. The number of hydrogen-bond donors (Lipinski definition) is 2. The van der Waals surface area contributed by atoms with Gasteiger partial charge < -0.3 is 15.4 Å². The molecule has 0 radical (unpaired) electrons. The third-order valence-corrected chi connectivity index (χ3v) is 3.30. The maximum absolute atomic E-state index is 11.0. The molecule has 1 aliphatic heterocycles. The average molecular weight is 262 g/mol. The molecule has 2 N–H and O–H groups in total. The molecule has 104 valence electrons. The number of amides is 1. The van der Waals surface area contributed by atoms with Crippen LogP contribution in [0.5, 0.6) is 5.75 Å². The molecule has 0 saturated carbocycles. The van der Waals surface area contributed by atoms with Crippen LogP contribution in [-0.2, 0) is 4.79 Å². The molecule has 1 fully saturated rings. The van der Waals surface area contributed by atoms with Crippen molar-refractivity contribution in [3.8, 4) is 5.75 Å². The van der Waals surface area contributed by atoms with E-state index in [-0.39, 0.29) is 5.91 Å². The minimum Gasteiger partial charge on any atom is -0.493 e. The molecule has 19 heavy (non-hydrogen) atoms. The molecule has 1 saturated heterocycles. The first-order chi connectivity index (χ1) is 9.24. The van der Waals surface area contributed by atoms with Crippen LogP contribution in [0.1, 0.15) is 32.6 Å². The Balaban J connectivity index is 1.77. The first-order valence-corrected chi connectivity index (χ1v) is 6.98. The normalized spacial score (nSPS) is 18.9. The van der Waals surface area contributed by atoms with Crippen molar-refractivity contribution in [2.45, 2.75) is 38.6 Å². The number of piperidine rings is 1. The fourth-order valence-corrected chi connectivity index (χ4v) is 2.36. The van der Waals surface area contributed by atoms with Crippen LogP contribution in [0.25, 0.3) is 0 Å². The SMILES string of the molecule is CC(=O)Nc1cccc(OCCC2CCCCN2)c1. The highest BCUT2D eigenvalue weighted by molar-refractivity contribution is 5.88. The molecule has 1 aliphatic rings. The zero-order valence-corrected chi connectivity index (χ0v) is 11.4. The average Bonchev–Trinajstić information content (AvgIpc) is 2.40. The topological polar surface area (TPSA) is 50.4 Å². The van der Waals surface area contributed by atoms with E-state index in [1.165, 1.54) is 26.2 Å². The van der Waals surface area contributed by atoms with E-state index in [0.717, 1.165) is 24.4 Å². The number of benzene rings is 1. The molecular formula is C15H22N2O2. The molecule has 1 aromatic carbocycles. The van der Waals surface area contributed by atoms with Crippen molar-refractivity contribution in [3.63, 3.8) is 0 Å². The number of carbonyl (C=O) groups is 1. The van der Waals surface area contributed by atoms with Gasteiger partial charge in [0.15, 0.2) is 0 Å². The highest BCUT2D eigenvalue weighted by atomic mass is 16.5. The Labute approximate surface area is 114 Å². The van der Waals surface area contributed by atoms with Gasteiger partial charge in [-0.25, -0.2) is 0 Å². The van der Waals surface area contributed by atoms with E-state index in [2.05, 4.69) is 10.6 Å². The van der Waals surface area contributed by atoms with Crippen LogP contribution in [0, 0.1) is 0 Å². The molecular weight excluding hydrogens is 240 g/mol. The van der Waals surface area contributed by atoms with Crippen molar-refractivity contribution in [3.05, 3.63) is 24.3 Å². The van der Waals surface area contributed by atoms with Gasteiger partial charge in [0.1, 0.15) is 5.75 Å². The summed E-state index contributed by atoms with van der Waals surface area (Å²) in [4.78, 5) is 11.0. The van der Waals surface area contributed by atoms with Crippen LogP contribution in [-0.4, -0.2) is 25.1 Å². The molecule has 0 aromatic heterocycles. The lowest BCUT2D eigenvalue weighted by Crippen LogP contribution is -2.35. The van der Waals surface area contributed by atoms with Crippen LogP contribution in [0.2, 0.25) is 0 Å². The Morgan fingerprint density at radius 1 is 1.47 bits per heavy atom. The second kappa shape index (κ2) is 7.14. The molecule has 1 atom stereocenters. The minimum absolute atomic E-state index is 0.0662. The molecule has 0 bridgehead atoms. The Kier molecular flexibility index (Phi) is 5.21. The molecule has 1 unspecified atom stereocenters. The molecule has 1 aromatic rings. The largest absolute Gasteiger partial charge is 0.493 e. The Hall–Kier alpha value is -1.55. The third kappa shape index (κ3) is 4.91. The number of rotatable bonds is 5. The molecule has 4 nitrogen and oxygen atoms in total. The summed E-state index contributed by atoms with van der Waals surface area (Å²) >= 11 is 0. The summed E-state index contributed by atoms with van der Waals surface area (Å²) in [5.74, 6) is 0.741. The van der Waals surface area contributed by atoms with Gasteiger partial charge in [-0.3, -0.25) is 4.79 Å². The molecule has 2 rings (SSSR count). The number of nitrogens with one attached hydrogen (secondary N) is 2. The van der Waals surface area contributed by atoms with E-state index >= 15 is 0 Å². The van der Waals surface area contributed by atoms with Crippen LogP contribution in [0.3, 0.4) is 0 Å². The zero-order chi connectivity index (χ0) is 13.5. The molecule has 1 heterocycles. The van der Waals surface area contributed by atoms with E-state index < -0.39 is 0 Å². The van der Waals surface area contributed by atoms with Crippen molar-refractivity contribution in [1.82, 2.24) is 5.32 Å². The van der Waals surface area contributed by atoms with Gasteiger partial charge in [-0.05, 0) is 37.9 Å². The van der Waals surface area contributed by atoms with E-state index in [4.69, 9.17) is 4.74 Å². The van der Waals surface area contributed by atoms with Crippen LogP contribution < -0.4 is 15.4 Å². The maximum atomic E-state index is 11.0. The van der Waals surface area contributed by atoms with Gasteiger partial charge >= 0.3 is 0 Å². The molecule has 4 heteroatoms. The second-order valence-corrected chi connectivity index (χ2v) is 4.99. The number of carbonyl (C=O) groups excluding carboxylic acids is 1. The summed E-state index contributed by atoms with van der Waals surface area (Å²) in [5, 5.41) is 6.26. The predicted molar refractivity (Wildman–Crippen MR) is 76.5 cm³/mol. The van der Waals surface area contributed by atoms with Gasteiger partial charge in [0.25, 0.3) is 0 Å². The van der Waals surface area contributed by atoms with E-state index in [0.29, 0.717) is 12.6 Å². The summed E-state index contributed by atoms with van der Waals surface area (Å²) in [6.07, 6.45) is 4.88. The van der Waals surface area contributed by atoms with E-state index in [1.807, 2.05) is 24.3 Å². The maximum Gasteiger partial charge on any atom is 0.221 e. The summed E-state index contributed by atoms with van der Waals surface area (Å²) in [5.41, 5.74) is 0.779. The van der Waals surface area contributed by atoms with Gasteiger partial charge in [-0.1, -0.05) is 12.5 Å². The van der Waals surface area contributed by atoms with E-state index in [9.17, 15) is 4.79 Å². The first kappa shape index (κ1) is 13.9. The third-order valence-electron chi connectivity index (χ3n) is 3.30. The fourth-order valence-electron chi connectivity index (χ4n) is 2.36. The zero-order valence-electron chi connectivity index (χ0n) is 11.4. The van der Waals surface area contributed by atoms with Crippen molar-refractivity contribution < 1.29 is 9.53 Å². The number of hydrogen-bond acceptors (Lipinski definition) is 3. The van der Waals surface area contributed by atoms with Crippen molar-refractivity contribution in [2.75, 3.05) is 18.5 Å².